The van der Waals surface area contributed by atoms with E-state index < -0.39 is 13.1 Å². The number of ether oxygens (including phenoxy) is 1. The van der Waals surface area contributed by atoms with Gasteiger partial charge < -0.3 is 14.5 Å². The summed E-state index contributed by atoms with van der Waals surface area (Å²) in [5, 5.41) is 0. The lowest BCUT2D eigenvalue weighted by atomic mass is 10.0. The smallest absolute Gasteiger partial charge is 0.410 e. The second-order valence-electron chi connectivity index (χ2n) is 7.52. The van der Waals surface area contributed by atoms with Gasteiger partial charge in [0.2, 0.25) is 0 Å². The molecule has 6 heteroatoms. The first-order valence-corrected chi connectivity index (χ1v) is 10.5. The van der Waals surface area contributed by atoms with Gasteiger partial charge in [0.15, 0.2) is 0 Å². The van der Waals surface area contributed by atoms with Crippen molar-refractivity contribution in [2.24, 2.45) is 0 Å². The van der Waals surface area contributed by atoms with Crippen molar-refractivity contribution in [1.82, 2.24) is 9.80 Å². The molecule has 0 saturated carbocycles. The summed E-state index contributed by atoms with van der Waals surface area (Å²) < 4.78 is 5.43. The van der Waals surface area contributed by atoms with E-state index in [1.165, 1.54) is 0 Å². The Bertz CT molecular complexity index is 364. The fraction of sp³-hybridized carbons (Fsp3) is 0.933. The van der Waals surface area contributed by atoms with Gasteiger partial charge in [0.25, 0.3) is 0 Å². The Balaban J connectivity index is 1.77. The van der Waals surface area contributed by atoms with Crippen LogP contribution in [0.4, 0.5) is 4.79 Å². The third-order valence-corrected chi connectivity index (χ3v) is 6.70. The lowest BCUT2D eigenvalue weighted by Crippen LogP contribution is -2.50. The van der Waals surface area contributed by atoms with Crippen molar-refractivity contribution >= 4 is 13.6 Å². The van der Waals surface area contributed by atoms with Gasteiger partial charge in [-0.25, -0.2) is 4.79 Å². The summed E-state index contributed by atoms with van der Waals surface area (Å²) in [7, 11) is -1.60. The Morgan fingerprint density at radius 3 is 2.14 bits per heavy atom. The monoisotopic (exact) mass is 317 g/mol. The van der Waals surface area contributed by atoms with Crippen LogP contribution in [0.1, 0.15) is 33.6 Å². The van der Waals surface area contributed by atoms with Crippen molar-refractivity contribution in [3.05, 3.63) is 0 Å². The minimum atomic E-state index is -1.60. The molecule has 1 N–H and O–H groups in total. The highest BCUT2D eigenvalue weighted by Crippen LogP contribution is 2.52. The summed E-state index contributed by atoms with van der Waals surface area (Å²) in [5.74, 6) is 0. The molecule has 0 aliphatic carbocycles. The molecule has 2 aliphatic rings. The zero-order chi connectivity index (χ0) is 15.7. The van der Waals surface area contributed by atoms with Gasteiger partial charge in [0.05, 0.1) is 0 Å². The minimum Gasteiger partial charge on any atom is -0.444 e. The first-order chi connectivity index (χ1) is 9.66. The molecule has 5 nitrogen and oxygen atoms in total. The van der Waals surface area contributed by atoms with Crippen LogP contribution in [0.25, 0.3) is 0 Å². The van der Waals surface area contributed by atoms with Gasteiger partial charge in [0, 0.05) is 32.2 Å². The number of nitrogens with zero attached hydrogens (tertiary/aromatic N) is 2. The van der Waals surface area contributed by atoms with E-state index in [0.29, 0.717) is 6.04 Å². The fourth-order valence-corrected chi connectivity index (χ4v) is 4.62. The average molecular weight is 317 g/mol. The molecule has 0 aromatic rings. The van der Waals surface area contributed by atoms with Crippen LogP contribution in [0.15, 0.2) is 0 Å². The van der Waals surface area contributed by atoms with E-state index in [2.05, 4.69) is 4.90 Å². The Morgan fingerprint density at radius 1 is 1.14 bits per heavy atom. The number of carbonyl (C=O) groups excluding carboxylic acids is 1. The molecule has 2 fully saturated rings. The number of amides is 1. The molecular formula is C15H30N2O3P. The molecule has 2 saturated heterocycles. The molecule has 0 spiro atoms. The Morgan fingerprint density at radius 2 is 1.67 bits per heavy atom. The molecule has 0 atom stereocenters. The fourth-order valence-electron chi connectivity index (χ4n) is 3.02. The molecule has 21 heavy (non-hydrogen) atoms. The maximum absolute atomic E-state index is 12.0. The summed E-state index contributed by atoms with van der Waals surface area (Å²) in [6.07, 6.45) is 3.76. The molecule has 1 radical (unpaired) electrons. The molecule has 123 valence electrons. The number of hydrogen-bond donors (Lipinski definition) is 1. The highest BCUT2D eigenvalue weighted by molar-refractivity contribution is 7.69. The van der Waals surface area contributed by atoms with E-state index in [-0.39, 0.29) is 6.09 Å². The number of likely N-dealkylation sites (tertiary alicyclic amines) is 1. The second kappa shape index (κ2) is 6.39. The van der Waals surface area contributed by atoms with Gasteiger partial charge >= 0.3 is 6.09 Å². The molecule has 0 unspecified atom stereocenters. The van der Waals surface area contributed by atoms with Crippen LogP contribution in [0.3, 0.4) is 0 Å². The quantitative estimate of drug-likeness (QED) is 0.754. The first kappa shape index (κ1) is 17.0. The van der Waals surface area contributed by atoms with E-state index >= 15 is 0 Å². The molecular weight excluding hydrogens is 287 g/mol. The Hall–Kier alpha value is -0.380. The summed E-state index contributed by atoms with van der Waals surface area (Å²) in [6.45, 7) is 11.3. The zero-order valence-corrected chi connectivity index (χ0v) is 14.7. The number of hydrogen-bond acceptors (Lipinski definition) is 4. The van der Waals surface area contributed by atoms with Crippen LogP contribution in [0.5, 0.6) is 0 Å². The van der Waals surface area contributed by atoms with Crippen molar-refractivity contribution in [2.75, 3.05) is 45.2 Å². The van der Waals surface area contributed by atoms with E-state index in [1.54, 1.807) is 0 Å². The minimum absolute atomic E-state index is 0.187. The van der Waals surface area contributed by atoms with Crippen molar-refractivity contribution in [3.63, 3.8) is 0 Å². The van der Waals surface area contributed by atoms with Gasteiger partial charge in [-0.05, 0) is 60.1 Å². The largest absolute Gasteiger partial charge is 0.444 e. The third kappa shape index (κ3) is 5.08. The van der Waals surface area contributed by atoms with Crippen molar-refractivity contribution in [3.8, 4) is 0 Å². The van der Waals surface area contributed by atoms with Crippen LogP contribution in [0, 0.1) is 0 Å². The van der Waals surface area contributed by atoms with Crippen molar-refractivity contribution < 1.29 is 14.4 Å². The van der Waals surface area contributed by atoms with Crippen LogP contribution >= 0.6 is 7.49 Å². The lowest BCUT2D eigenvalue weighted by molar-refractivity contribution is 0.0148. The molecule has 1 amide bonds. The second-order valence-corrected chi connectivity index (χ2v) is 11.1. The molecule has 2 rings (SSSR count). The average Bonchev–Trinajstić information content (AvgIpc) is 2.37. The first-order valence-electron chi connectivity index (χ1n) is 7.96. The standard InChI is InChI=1S/C15H30N2O3P/c1-15(2,3)20-14(18)17-7-5-13(6-8-17)16-9-11-21(4,19)12-10-16/h13,19H,5-12H2,1-4H3. The number of carbonyl (C=O) groups is 1. The molecule has 2 aliphatic heterocycles. The zero-order valence-electron chi connectivity index (χ0n) is 13.8. The molecule has 0 aromatic carbocycles. The maximum atomic E-state index is 12.0. The van der Waals surface area contributed by atoms with Gasteiger partial charge in [-0.1, -0.05) is 0 Å². The van der Waals surface area contributed by atoms with Crippen molar-refractivity contribution in [2.45, 2.75) is 45.3 Å². The summed E-state index contributed by atoms with van der Waals surface area (Å²) in [4.78, 5) is 26.5. The molecule has 2 heterocycles. The van der Waals surface area contributed by atoms with E-state index in [4.69, 9.17) is 4.74 Å². The predicted octanol–water partition coefficient (Wildman–Crippen LogP) is 2.26. The van der Waals surface area contributed by atoms with E-state index in [1.807, 2.05) is 32.3 Å². The Labute approximate surface area is 129 Å². The summed E-state index contributed by atoms with van der Waals surface area (Å²) >= 11 is 0. The third-order valence-electron chi connectivity index (χ3n) is 4.37. The van der Waals surface area contributed by atoms with E-state index in [9.17, 15) is 9.69 Å². The van der Waals surface area contributed by atoms with Crippen LogP contribution in [0.2, 0.25) is 0 Å². The Kier molecular flexibility index (Phi) is 5.17. The lowest BCUT2D eigenvalue weighted by Gasteiger charge is -2.44. The highest BCUT2D eigenvalue weighted by Gasteiger charge is 2.33. The van der Waals surface area contributed by atoms with Gasteiger partial charge in [-0.15, -0.1) is 0 Å². The maximum Gasteiger partial charge on any atom is 0.410 e. The summed E-state index contributed by atoms with van der Waals surface area (Å²) in [6, 6.07) is 0.559. The highest BCUT2D eigenvalue weighted by atomic mass is 31.2. The van der Waals surface area contributed by atoms with Crippen LogP contribution < -0.4 is 0 Å². The van der Waals surface area contributed by atoms with Crippen LogP contribution in [-0.4, -0.2) is 77.6 Å². The van der Waals surface area contributed by atoms with Gasteiger partial charge in [-0.3, -0.25) is 4.90 Å². The van der Waals surface area contributed by atoms with Crippen LogP contribution in [-0.2, 0) is 4.74 Å². The molecule has 0 bridgehead atoms. The molecule has 0 aromatic heterocycles. The normalized spacial score (nSPS) is 24.9. The van der Waals surface area contributed by atoms with Crippen molar-refractivity contribution in [1.29, 1.82) is 0 Å². The number of rotatable bonds is 1. The van der Waals surface area contributed by atoms with E-state index in [0.717, 1.165) is 51.3 Å². The van der Waals surface area contributed by atoms with Gasteiger partial charge in [0.1, 0.15) is 5.60 Å². The summed E-state index contributed by atoms with van der Waals surface area (Å²) in [5.41, 5.74) is -0.421. The predicted molar refractivity (Wildman–Crippen MR) is 87.2 cm³/mol. The topological polar surface area (TPSA) is 53.0 Å². The SMILES string of the molecule is CC(C)(C)OC(=O)N1CCC(N2CC[P](C)(O)CC2)CC1. The number of piperidine rings is 1. The van der Waals surface area contributed by atoms with Gasteiger partial charge in [-0.2, -0.15) is 0 Å².